The Bertz CT molecular complexity index is 545. The van der Waals surface area contributed by atoms with Crippen LogP contribution in [0.15, 0.2) is 30.5 Å². The summed E-state index contributed by atoms with van der Waals surface area (Å²) in [5.74, 6) is -0.191. The number of aromatic nitrogens is 2. The lowest BCUT2D eigenvalue weighted by Gasteiger charge is -2.17. The van der Waals surface area contributed by atoms with Crippen LogP contribution in [-0.4, -0.2) is 9.78 Å². The Morgan fingerprint density at radius 1 is 1.25 bits per heavy atom. The molecule has 0 saturated carbocycles. The molecule has 1 unspecified atom stereocenters. The molecular formula is C16H22FN3. The zero-order chi connectivity index (χ0) is 14.5. The van der Waals surface area contributed by atoms with Crippen LogP contribution in [0.4, 0.5) is 4.39 Å². The van der Waals surface area contributed by atoms with Gasteiger partial charge in [-0.2, -0.15) is 5.10 Å². The van der Waals surface area contributed by atoms with Gasteiger partial charge in [0.05, 0.1) is 5.69 Å². The number of aryl methyl sites for hydroxylation is 2. The van der Waals surface area contributed by atoms with Crippen molar-refractivity contribution < 1.29 is 4.39 Å². The van der Waals surface area contributed by atoms with E-state index in [4.69, 9.17) is 0 Å². The molecule has 108 valence electrons. The van der Waals surface area contributed by atoms with Gasteiger partial charge >= 0.3 is 0 Å². The van der Waals surface area contributed by atoms with Gasteiger partial charge in [-0.3, -0.25) is 4.68 Å². The highest BCUT2D eigenvalue weighted by atomic mass is 19.1. The number of nitrogens with one attached hydrogen (secondary N) is 1. The third-order valence-electron chi connectivity index (χ3n) is 3.55. The fourth-order valence-corrected chi connectivity index (χ4v) is 2.46. The van der Waals surface area contributed by atoms with E-state index in [1.807, 2.05) is 23.9 Å². The summed E-state index contributed by atoms with van der Waals surface area (Å²) in [6.07, 6.45) is 3.96. The van der Waals surface area contributed by atoms with Gasteiger partial charge in [0.25, 0.3) is 0 Å². The van der Waals surface area contributed by atoms with Crippen molar-refractivity contribution in [3.05, 3.63) is 53.1 Å². The lowest BCUT2D eigenvalue weighted by molar-refractivity contribution is 0.516. The van der Waals surface area contributed by atoms with Crippen molar-refractivity contribution in [2.24, 2.45) is 7.05 Å². The van der Waals surface area contributed by atoms with E-state index in [1.165, 1.54) is 17.7 Å². The molecule has 0 saturated heterocycles. The minimum Gasteiger partial charge on any atom is -0.306 e. The maximum Gasteiger partial charge on any atom is 0.123 e. The second kappa shape index (κ2) is 6.66. The van der Waals surface area contributed by atoms with Gasteiger partial charge < -0.3 is 5.32 Å². The predicted molar refractivity (Wildman–Crippen MR) is 78.9 cm³/mol. The highest BCUT2D eigenvalue weighted by Crippen LogP contribution is 2.18. The number of hydrogen-bond acceptors (Lipinski definition) is 2. The van der Waals surface area contributed by atoms with Crippen molar-refractivity contribution in [2.75, 3.05) is 0 Å². The normalized spacial score (nSPS) is 12.6. The van der Waals surface area contributed by atoms with Crippen LogP contribution in [0.1, 0.15) is 43.1 Å². The molecule has 2 rings (SSSR count). The molecule has 20 heavy (non-hydrogen) atoms. The first-order valence-electron chi connectivity index (χ1n) is 7.14. The van der Waals surface area contributed by atoms with Gasteiger partial charge in [0.15, 0.2) is 0 Å². The van der Waals surface area contributed by atoms with Gasteiger partial charge in [0, 0.05) is 31.4 Å². The zero-order valence-electron chi connectivity index (χ0n) is 12.4. The van der Waals surface area contributed by atoms with Crippen molar-refractivity contribution in [2.45, 2.75) is 39.3 Å². The fourth-order valence-electron chi connectivity index (χ4n) is 2.46. The van der Waals surface area contributed by atoms with Crippen molar-refractivity contribution in [3.63, 3.8) is 0 Å². The summed E-state index contributed by atoms with van der Waals surface area (Å²) < 4.78 is 14.8. The molecule has 0 aliphatic rings. The number of halogens is 1. The third-order valence-corrected chi connectivity index (χ3v) is 3.55. The predicted octanol–water partition coefficient (Wildman–Crippen LogP) is 3.36. The van der Waals surface area contributed by atoms with Gasteiger partial charge in [0.1, 0.15) is 5.82 Å². The Kier molecular flexibility index (Phi) is 4.90. The number of hydrogen-bond donors (Lipinski definition) is 1. The Hall–Kier alpha value is -1.68. The molecule has 0 spiro atoms. The number of benzene rings is 1. The molecular weight excluding hydrogens is 253 g/mol. The van der Waals surface area contributed by atoms with Gasteiger partial charge in [-0.1, -0.05) is 26.0 Å². The Labute approximate surface area is 119 Å². The average Bonchev–Trinajstić information content (AvgIpc) is 2.81. The molecule has 2 aromatic rings. The molecule has 0 bridgehead atoms. The Morgan fingerprint density at radius 3 is 2.55 bits per heavy atom. The summed E-state index contributed by atoms with van der Waals surface area (Å²) in [5, 5.41) is 7.98. The Morgan fingerprint density at radius 2 is 1.95 bits per heavy atom. The van der Waals surface area contributed by atoms with Crippen molar-refractivity contribution in [1.82, 2.24) is 15.1 Å². The SMILES string of the molecule is CCc1nn(C)cc1CNC(CC)c1ccc(F)cc1. The molecule has 1 atom stereocenters. The molecule has 0 radical (unpaired) electrons. The smallest absolute Gasteiger partial charge is 0.123 e. The number of rotatable bonds is 6. The highest BCUT2D eigenvalue weighted by Gasteiger charge is 2.11. The van der Waals surface area contributed by atoms with E-state index >= 15 is 0 Å². The van der Waals surface area contributed by atoms with E-state index in [1.54, 1.807) is 0 Å². The first-order valence-corrected chi connectivity index (χ1v) is 7.14. The third kappa shape index (κ3) is 3.45. The molecule has 1 aromatic heterocycles. The second-order valence-electron chi connectivity index (χ2n) is 5.02. The Balaban J connectivity index is 2.05. The van der Waals surface area contributed by atoms with E-state index in [9.17, 15) is 4.39 Å². The van der Waals surface area contributed by atoms with Crippen molar-refractivity contribution >= 4 is 0 Å². The van der Waals surface area contributed by atoms with Crippen LogP contribution in [0.2, 0.25) is 0 Å². The van der Waals surface area contributed by atoms with E-state index in [2.05, 4.69) is 30.5 Å². The first-order chi connectivity index (χ1) is 9.63. The van der Waals surface area contributed by atoms with E-state index in [0.29, 0.717) is 0 Å². The summed E-state index contributed by atoms with van der Waals surface area (Å²) >= 11 is 0. The summed E-state index contributed by atoms with van der Waals surface area (Å²) in [5.41, 5.74) is 3.49. The number of nitrogens with zero attached hydrogens (tertiary/aromatic N) is 2. The van der Waals surface area contributed by atoms with Crippen LogP contribution in [0.25, 0.3) is 0 Å². The van der Waals surface area contributed by atoms with Gasteiger partial charge in [-0.15, -0.1) is 0 Å². The summed E-state index contributed by atoms with van der Waals surface area (Å²) in [4.78, 5) is 0. The van der Waals surface area contributed by atoms with Gasteiger partial charge in [0.2, 0.25) is 0 Å². The van der Waals surface area contributed by atoms with Crippen LogP contribution in [0.3, 0.4) is 0 Å². The largest absolute Gasteiger partial charge is 0.306 e. The van der Waals surface area contributed by atoms with E-state index < -0.39 is 0 Å². The lowest BCUT2D eigenvalue weighted by atomic mass is 10.0. The molecule has 1 aromatic carbocycles. The van der Waals surface area contributed by atoms with E-state index in [-0.39, 0.29) is 11.9 Å². The van der Waals surface area contributed by atoms with Crippen LogP contribution < -0.4 is 5.32 Å². The highest BCUT2D eigenvalue weighted by molar-refractivity contribution is 5.21. The molecule has 0 amide bonds. The summed E-state index contributed by atoms with van der Waals surface area (Å²) in [6, 6.07) is 6.96. The maximum atomic E-state index is 13.0. The molecule has 0 fully saturated rings. The molecule has 0 aliphatic carbocycles. The van der Waals surface area contributed by atoms with Crippen LogP contribution in [0.5, 0.6) is 0 Å². The molecule has 3 nitrogen and oxygen atoms in total. The topological polar surface area (TPSA) is 29.9 Å². The lowest BCUT2D eigenvalue weighted by Crippen LogP contribution is -2.20. The zero-order valence-corrected chi connectivity index (χ0v) is 12.4. The van der Waals surface area contributed by atoms with Crippen LogP contribution >= 0.6 is 0 Å². The quantitative estimate of drug-likeness (QED) is 0.876. The molecule has 1 N–H and O–H groups in total. The van der Waals surface area contributed by atoms with Crippen molar-refractivity contribution in [1.29, 1.82) is 0 Å². The fraction of sp³-hybridized carbons (Fsp3) is 0.438. The minimum absolute atomic E-state index is 0.191. The summed E-state index contributed by atoms with van der Waals surface area (Å²) in [6.45, 7) is 5.03. The maximum absolute atomic E-state index is 13.0. The first kappa shape index (κ1) is 14.7. The molecule has 0 aliphatic heterocycles. The average molecular weight is 275 g/mol. The summed E-state index contributed by atoms with van der Waals surface area (Å²) in [7, 11) is 1.94. The monoisotopic (exact) mass is 275 g/mol. The van der Waals surface area contributed by atoms with Gasteiger partial charge in [-0.05, 0) is 30.5 Å². The van der Waals surface area contributed by atoms with Gasteiger partial charge in [-0.25, -0.2) is 4.39 Å². The van der Waals surface area contributed by atoms with E-state index in [0.717, 1.165) is 30.6 Å². The molecule has 4 heteroatoms. The second-order valence-corrected chi connectivity index (χ2v) is 5.02. The standard InChI is InChI=1S/C16H22FN3/c1-4-15(12-6-8-14(17)9-7-12)18-10-13-11-20(3)19-16(13)5-2/h6-9,11,15,18H,4-5,10H2,1-3H3. The van der Waals surface area contributed by atoms with Crippen molar-refractivity contribution in [3.8, 4) is 0 Å². The van der Waals surface area contributed by atoms with Crippen LogP contribution in [-0.2, 0) is 20.0 Å². The minimum atomic E-state index is -0.191. The van der Waals surface area contributed by atoms with Crippen LogP contribution in [0, 0.1) is 5.82 Å². The molecule has 1 heterocycles.